The number of hydrogen-bond donors (Lipinski definition) is 3. The van der Waals surface area contributed by atoms with E-state index in [9.17, 15) is 14.6 Å². The van der Waals surface area contributed by atoms with Crippen LogP contribution in [-0.4, -0.2) is 26.7 Å². The van der Waals surface area contributed by atoms with E-state index in [1.807, 2.05) is 6.07 Å². The zero-order chi connectivity index (χ0) is 13.7. The maximum absolute atomic E-state index is 12.3. The Bertz CT molecular complexity index is 542. The quantitative estimate of drug-likeness (QED) is 0.741. The van der Waals surface area contributed by atoms with Crippen LogP contribution in [0.5, 0.6) is 11.5 Å². The van der Waals surface area contributed by atoms with Crippen molar-refractivity contribution in [1.29, 1.82) is 0 Å². The number of rotatable bonds is 6. The topological polar surface area (TPSA) is 70.3 Å². The Balaban J connectivity index is 1.91. The molecule has 0 bridgehead atoms. The van der Waals surface area contributed by atoms with Crippen molar-refractivity contribution in [2.75, 3.05) is 6.67 Å². The molecule has 2 rings (SSSR count). The molecule has 6 heteroatoms. The van der Waals surface area contributed by atoms with E-state index in [-0.39, 0.29) is 18.0 Å². The Kier molecular flexibility index (Phi) is 4.35. The average molecular weight is 265 g/mol. The van der Waals surface area contributed by atoms with Gasteiger partial charge in [0, 0.05) is 30.9 Å². The number of nitrogens with zero attached hydrogens (tertiary/aromatic N) is 2. The third-order valence-corrected chi connectivity index (χ3v) is 2.79. The van der Waals surface area contributed by atoms with Crippen LogP contribution in [0.4, 0.5) is 4.39 Å². The van der Waals surface area contributed by atoms with Crippen LogP contribution in [0.15, 0.2) is 30.5 Å². The van der Waals surface area contributed by atoms with Crippen molar-refractivity contribution in [2.45, 2.75) is 19.6 Å². The highest BCUT2D eigenvalue weighted by Crippen LogP contribution is 2.22. The molecular weight excluding hydrogens is 249 g/mol. The molecule has 0 aliphatic rings. The predicted molar refractivity (Wildman–Crippen MR) is 68.5 cm³/mol. The van der Waals surface area contributed by atoms with E-state index in [4.69, 9.17) is 0 Å². The Labute approximate surface area is 110 Å². The van der Waals surface area contributed by atoms with Gasteiger partial charge in [-0.25, -0.2) is 4.39 Å². The van der Waals surface area contributed by atoms with E-state index < -0.39 is 6.67 Å². The van der Waals surface area contributed by atoms with Gasteiger partial charge in [-0.3, -0.25) is 4.68 Å². The van der Waals surface area contributed by atoms with E-state index in [1.165, 1.54) is 12.1 Å². The third-order valence-electron chi connectivity index (χ3n) is 2.79. The van der Waals surface area contributed by atoms with Crippen LogP contribution in [0, 0.1) is 0 Å². The summed E-state index contributed by atoms with van der Waals surface area (Å²) in [6, 6.07) is 6.28. The van der Waals surface area contributed by atoms with E-state index in [2.05, 4.69) is 10.4 Å². The molecular formula is C13H16FN3O2. The third kappa shape index (κ3) is 3.45. The molecule has 1 heterocycles. The molecule has 3 N–H and O–H groups in total. The Hall–Kier alpha value is -2.08. The van der Waals surface area contributed by atoms with E-state index in [0.717, 1.165) is 5.69 Å². The highest BCUT2D eigenvalue weighted by Gasteiger charge is 2.04. The van der Waals surface area contributed by atoms with Crippen LogP contribution in [-0.2, 0) is 19.6 Å². The fourth-order valence-corrected chi connectivity index (χ4v) is 1.82. The molecule has 19 heavy (non-hydrogen) atoms. The SMILES string of the molecule is Oc1ccc(CNCc2ccnn2CCF)c(O)c1. The Morgan fingerprint density at radius 3 is 2.79 bits per heavy atom. The van der Waals surface area contributed by atoms with Crippen LogP contribution in [0.2, 0.25) is 0 Å². The minimum atomic E-state index is -0.451. The maximum Gasteiger partial charge on any atom is 0.123 e. The van der Waals surface area contributed by atoms with Gasteiger partial charge in [-0.1, -0.05) is 6.07 Å². The first-order valence-electron chi connectivity index (χ1n) is 5.99. The molecule has 0 aliphatic carbocycles. The van der Waals surface area contributed by atoms with Gasteiger partial charge in [-0.2, -0.15) is 5.10 Å². The van der Waals surface area contributed by atoms with Gasteiger partial charge in [0.15, 0.2) is 0 Å². The first-order valence-corrected chi connectivity index (χ1v) is 5.99. The molecule has 0 aliphatic heterocycles. The molecule has 102 valence electrons. The maximum atomic E-state index is 12.3. The molecule has 2 aromatic rings. The molecule has 1 aromatic heterocycles. The van der Waals surface area contributed by atoms with Crippen molar-refractivity contribution in [3.63, 3.8) is 0 Å². The van der Waals surface area contributed by atoms with Gasteiger partial charge in [0.1, 0.15) is 18.2 Å². The number of benzene rings is 1. The van der Waals surface area contributed by atoms with Gasteiger partial charge in [-0.05, 0) is 12.1 Å². The van der Waals surface area contributed by atoms with Crippen molar-refractivity contribution in [3.8, 4) is 11.5 Å². The zero-order valence-corrected chi connectivity index (χ0v) is 10.4. The van der Waals surface area contributed by atoms with Crippen LogP contribution in [0.1, 0.15) is 11.3 Å². The minimum Gasteiger partial charge on any atom is -0.508 e. The zero-order valence-electron chi connectivity index (χ0n) is 10.4. The number of hydrogen-bond acceptors (Lipinski definition) is 4. The number of aryl methyl sites for hydroxylation is 1. The fraction of sp³-hybridized carbons (Fsp3) is 0.308. The van der Waals surface area contributed by atoms with Gasteiger partial charge in [0.25, 0.3) is 0 Å². The molecule has 0 amide bonds. The van der Waals surface area contributed by atoms with E-state index >= 15 is 0 Å². The number of aromatic nitrogens is 2. The van der Waals surface area contributed by atoms with Crippen molar-refractivity contribution in [1.82, 2.24) is 15.1 Å². The molecule has 0 spiro atoms. The number of aromatic hydroxyl groups is 2. The smallest absolute Gasteiger partial charge is 0.123 e. The molecule has 0 unspecified atom stereocenters. The average Bonchev–Trinajstić information content (AvgIpc) is 2.80. The first kappa shape index (κ1) is 13.4. The van der Waals surface area contributed by atoms with Gasteiger partial charge in [0.2, 0.25) is 0 Å². The highest BCUT2D eigenvalue weighted by molar-refractivity contribution is 5.38. The van der Waals surface area contributed by atoms with Gasteiger partial charge < -0.3 is 15.5 Å². The molecule has 0 saturated carbocycles. The number of halogens is 1. The molecule has 0 atom stereocenters. The van der Waals surface area contributed by atoms with Gasteiger partial charge in [0.05, 0.1) is 12.2 Å². The van der Waals surface area contributed by atoms with Crippen LogP contribution in [0.3, 0.4) is 0 Å². The number of phenolic OH excluding ortho intramolecular Hbond substituents is 2. The van der Waals surface area contributed by atoms with Crippen LogP contribution in [0.25, 0.3) is 0 Å². The predicted octanol–water partition coefficient (Wildman–Crippen LogP) is 1.55. The summed E-state index contributed by atoms with van der Waals surface area (Å²) in [5, 5.41) is 26.0. The number of alkyl halides is 1. The van der Waals surface area contributed by atoms with Gasteiger partial charge in [-0.15, -0.1) is 0 Å². The van der Waals surface area contributed by atoms with Crippen molar-refractivity contribution in [2.24, 2.45) is 0 Å². The summed E-state index contributed by atoms with van der Waals surface area (Å²) in [4.78, 5) is 0. The number of phenols is 2. The number of nitrogens with one attached hydrogen (secondary N) is 1. The second-order valence-electron chi connectivity index (χ2n) is 4.15. The van der Waals surface area contributed by atoms with E-state index in [1.54, 1.807) is 16.9 Å². The Morgan fingerprint density at radius 1 is 1.21 bits per heavy atom. The second-order valence-corrected chi connectivity index (χ2v) is 4.15. The fourth-order valence-electron chi connectivity index (χ4n) is 1.82. The summed E-state index contributed by atoms with van der Waals surface area (Å²) in [5.74, 6) is 0.0760. The second kappa shape index (κ2) is 6.19. The lowest BCUT2D eigenvalue weighted by molar-refractivity contribution is 0.416. The van der Waals surface area contributed by atoms with Crippen LogP contribution < -0.4 is 5.32 Å². The lowest BCUT2D eigenvalue weighted by atomic mass is 10.2. The minimum absolute atomic E-state index is 0.0299. The highest BCUT2D eigenvalue weighted by atomic mass is 19.1. The van der Waals surface area contributed by atoms with Crippen molar-refractivity contribution < 1.29 is 14.6 Å². The molecule has 0 radical (unpaired) electrons. The Morgan fingerprint density at radius 2 is 2.05 bits per heavy atom. The standard InChI is InChI=1S/C13H16FN3O2/c14-4-6-17-11(3-5-16-17)9-15-8-10-1-2-12(18)7-13(10)19/h1-3,5,7,15,18-19H,4,6,8-9H2. The first-order chi connectivity index (χ1) is 9.20. The van der Waals surface area contributed by atoms with E-state index in [0.29, 0.717) is 18.7 Å². The van der Waals surface area contributed by atoms with Crippen LogP contribution >= 0.6 is 0 Å². The summed E-state index contributed by atoms with van der Waals surface area (Å²) in [7, 11) is 0. The lowest BCUT2D eigenvalue weighted by Gasteiger charge is -2.08. The summed E-state index contributed by atoms with van der Waals surface area (Å²) in [6.07, 6.45) is 1.63. The van der Waals surface area contributed by atoms with Gasteiger partial charge >= 0.3 is 0 Å². The largest absolute Gasteiger partial charge is 0.508 e. The molecule has 1 aromatic carbocycles. The lowest BCUT2D eigenvalue weighted by Crippen LogP contribution is -2.17. The van der Waals surface area contributed by atoms with Crippen molar-refractivity contribution in [3.05, 3.63) is 41.7 Å². The molecule has 0 fully saturated rings. The summed E-state index contributed by atoms with van der Waals surface area (Å²) in [5.41, 5.74) is 1.57. The van der Waals surface area contributed by atoms with Crippen molar-refractivity contribution >= 4 is 0 Å². The monoisotopic (exact) mass is 265 g/mol. The molecule has 5 nitrogen and oxygen atoms in total. The normalized spacial score (nSPS) is 10.8. The summed E-state index contributed by atoms with van der Waals surface area (Å²) >= 11 is 0. The molecule has 0 saturated heterocycles. The summed E-state index contributed by atoms with van der Waals surface area (Å²) in [6.45, 7) is 0.773. The summed E-state index contributed by atoms with van der Waals surface area (Å²) < 4.78 is 13.9.